The highest BCUT2D eigenvalue weighted by Gasteiger charge is 2.26. The molecule has 2 rings (SSSR count). The number of amides is 1. The van der Waals surface area contributed by atoms with E-state index in [1.165, 1.54) is 37.4 Å². The average Bonchev–Trinajstić information content (AvgIpc) is 2.62. The number of ether oxygens (including phenoxy) is 1. The number of hydrogen-bond donors (Lipinski definition) is 1. The standard InChI is InChI=1S/C18H20Cl2N2O4S/c1-3-10-22(27(24,25)15-7-4-13(19)5-8-15)12-18(23)21-14-6-9-17(26-2)16(20)11-14/h4-9,11H,3,10,12H2,1-2H3,(H,21,23). The predicted molar refractivity (Wildman–Crippen MR) is 107 cm³/mol. The van der Waals surface area contributed by atoms with Crippen molar-refractivity contribution in [3.8, 4) is 5.75 Å². The van der Waals surface area contributed by atoms with Gasteiger partial charge in [-0.15, -0.1) is 0 Å². The van der Waals surface area contributed by atoms with Gasteiger partial charge in [0, 0.05) is 17.3 Å². The van der Waals surface area contributed by atoms with Crippen LogP contribution in [0.1, 0.15) is 13.3 Å². The molecular formula is C18H20Cl2N2O4S. The number of hydrogen-bond acceptors (Lipinski definition) is 4. The molecule has 0 aliphatic rings. The lowest BCUT2D eigenvalue weighted by Gasteiger charge is -2.21. The maximum Gasteiger partial charge on any atom is 0.243 e. The third-order valence-electron chi connectivity index (χ3n) is 3.68. The van der Waals surface area contributed by atoms with Crippen LogP contribution in [-0.2, 0) is 14.8 Å². The number of rotatable bonds is 8. The topological polar surface area (TPSA) is 75.7 Å². The van der Waals surface area contributed by atoms with Gasteiger partial charge < -0.3 is 10.1 Å². The summed E-state index contributed by atoms with van der Waals surface area (Å²) in [5.74, 6) is 0.00909. The monoisotopic (exact) mass is 430 g/mol. The van der Waals surface area contributed by atoms with Crippen LogP contribution in [0, 0.1) is 0 Å². The zero-order valence-corrected chi connectivity index (χ0v) is 17.2. The Kier molecular flexibility index (Phi) is 7.49. The average molecular weight is 431 g/mol. The Labute approximate surface area is 169 Å². The zero-order valence-electron chi connectivity index (χ0n) is 14.9. The number of carbonyl (C=O) groups excluding carboxylic acids is 1. The highest BCUT2D eigenvalue weighted by atomic mass is 35.5. The normalized spacial score (nSPS) is 11.4. The van der Waals surface area contributed by atoms with Crippen molar-refractivity contribution in [2.45, 2.75) is 18.2 Å². The summed E-state index contributed by atoms with van der Waals surface area (Å²) in [6, 6.07) is 10.6. The molecule has 2 aromatic rings. The lowest BCUT2D eigenvalue weighted by molar-refractivity contribution is -0.116. The SMILES string of the molecule is CCCN(CC(=O)Nc1ccc(OC)c(Cl)c1)S(=O)(=O)c1ccc(Cl)cc1. The van der Waals surface area contributed by atoms with Crippen molar-refractivity contribution < 1.29 is 17.9 Å². The van der Waals surface area contributed by atoms with Crippen LogP contribution in [0.2, 0.25) is 10.0 Å². The van der Waals surface area contributed by atoms with Crippen molar-refractivity contribution in [1.82, 2.24) is 4.31 Å². The van der Waals surface area contributed by atoms with Crippen LogP contribution >= 0.6 is 23.2 Å². The summed E-state index contributed by atoms with van der Waals surface area (Å²) in [6.07, 6.45) is 0.564. The molecule has 146 valence electrons. The van der Waals surface area contributed by atoms with E-state index < -0.39 is 15.9 Å². The molecule has 0 unspecified atom stereocenters. The maximum absolute atomic E-state index is 12.8. The number of nitrogens with one attached hydrogen (secondary N) is 1. The fourth-order valence-corrected chi connectivity index (χ4v) is 4.27. The van der Waals surface area contributed by atoms with Gasteiger partial charge in [0.1, 0.15) is 5.75 Å². The number of halogens is 2. The van der Waals surface area contributed by atoms with Gasteiger partial charge in [0.05, 0.1) is 23.6 Å². The minimum atomic E-state index is -3.82. The van der Waals surface area contributed by atoms with E-state index in [4.69, 9.17) is 27.9 Å². The fraction of sp³-hybridized carbons (Fsp3) is 0.278. The highest BCUT2D eigenvalue weighted by molar-refractivity contribution is 7.89. The molecule has 2 aromatic carbocycles. The van der Waals surface area contributed by atoms with E-state index >= 15 is 0 Å². The summed E-state index contributed by atoms with van der Waals surface area (Å²) in [5, 5.41) is 3.43. The Morgan fingerprint density at radius 3 is 2.37 bits per heavy atom. The number of benzene rings is 2. The molecule has 0 aliphatic carbocycles. The lowest BCUT2D eigenvalue weighted by Crippen LogP contribution is -2.38. The first-order chi connectivity index (χ1) is 12.8. The number of anilines is 1. The molecule has 0 heterocycles. The van der Waals surface area contributed by atoms with Crippen molar-refractivity contribution in [3.63, 3.8) is 0 Å². The molecule has 0 aromatic heterocycles. The number of nitrogens with zero attached hydrogens (tertiary/aromatic N) is 1. The Balaban J connectivity index is 2.16. The van der Waals surface area contributed by atoms with Gasteiger partial charge in [-0.1, -0.05) is 30.1 Å². The minimum absolute atomic E-state index is 0.0839. The summed E-state index contributed by atoms with van der Waals surface area (Å²) in [6.45, 7) is 1.73. The highest BCUT2D eigenvalue weighted by Crippen LogP contribution is 2.27. The summed E-state index contributed by atoms with van der Waals surface area (Å²) in [4.78, 5) is 12.5. The third-order valence-corrected chi connectivity index (χ3v) is 6.09. The number of sulfonamides is 1. The molecule has 0 spiro atoms. The van der Waals surface area contributed by atoms with Gasteiger partial charge >= 0.3 is 0 Å². The number of methoxy groups -OCH3 is 1. The fourth-order valence-electron chi connectivity index (χ4n) is 2.39. The van der Waals surface area contributed by atoms with Crippen molar-refractivity contribution in [3.05, 3.63) is 52.5 Å². The molecule has 1 amide bonds. The second-order valence-corrected chi connectivity index (χ2v) is 8.47. The molecule has 6 nitrogen and oxygen atoms in total. The van der Waals surface area contributed by atoms with Gasteiger partial charge in [-0.05, 0) is 48.9 Å². The van der Waals surface area contributed by atoms with Gasteiger partial charge in [0.2, 0.25) is 15.9 Å². The number of carbonyl (C=O) groups is 1. The molecule has 9 heteroatoms. The van der Waals surface area contributed by atoms with Crippen LogP contribution in [0.15, 0.2) is 47.4 Å². The van der Waals surface area contributed by atoms with Crippen molar-refractivity contribution in [2.24, 2.45) is 0 Å². The molecule has 0 bridgehead atoms. The lowest BCUT2D eigenvalue weighted by atomic mass is 10.3. The van der Waals surface area contributed by atoms with Gasteiger partial charge in [0.15, 0.2) is 0 Å². The van der Waals surface area contributed by atoms with E-state index in [2.05, 4.69) is 5.32 Å². The van der Waals surface area contributed by atoms with Crippen LogP contribution < -0.4 is 10.1 Å². The largest absolute Gasteiger partial charge is 0.495 e. The van der Waals surface area contributed by atoms with E-state index in [-0.39, 0.29) is 18.0 Å². The van der Waals surface area contributed by atoms with Gasteiger partial charge in [0.25, 0.3) is 0 Å². The van der Waals surface area contributed by atoms with E-state index in [9.17, 15) is 13.2 Å². The molecule has 0 aliphatic heterocycles. The summed E-state index contributed by atoms with van der Waals surface area (Å²) < 4.78 is 31.8. The van der Waals surface area contributed by atoms with Gasteiger partial charge in [-0.25, -0.2) is 8.42 Å². The van der Waals surface area contributed by atoms with E-state index in [1.54, 1.807) is 12.1 Å². The summed E-state index contributed by atoms with van der Waals surface area (Å²) in [7, 11) is -2.33. The van der Waals surface area contributed by atoms with E-state index in [1.807, 2.05) is 6.92 Å². The smallest absolute Gasteiger partial charge is 0.243 e. The molecule has 0 saturated carbocycles. The second-order valence-electron chi connectivity index (χ2n) is 5.69. The quantitative estimate of drug-likeness (QED) is 0.685. The van der Waals surface area contributed by atoms with E-state index in [0.717, 1.165) is 4.31 Å². The molecule has 0 radical (unpaired) electrons. The Hall–Kier alpha value is -1.80. The Morgan fingerprint density at radius 2 is 1.81 bits per heavy atom. The van der Waals surface area contributed by atoms with Crippen LogP contribution in [0.5, 0.6) is 5.75 Å². The minimum Gasteiger partial charge on any atom is -0.495 e. The van der Waals surface area contributed by atoms with E-state index in [0.29, 0.717) is 27.9 Å². The predicted octanol–water partition coefficient (Wildman–Crippen LogP) is 4.04. The van der Waals surface area contributed by atoms with Gasteiger partial charge in [-0.3, -0.25) is 4.79 Å². The van der Waals surface area contributed by atoms with Crippen molar-refractivity contribution in [1.29, 1.82) is 0 Å². The maximum atomic E-state index is 12.8. The Bertz CT molecular complexity index is 902. The Morgan fingerprint density at radius 1 is 1.15 bits per heavy atom. The third kappa shape index (κ3) is 5.59. The molecule has 1 N–H and O–H groups in total. The van der Waals surface area contributed by atoms with Crippen molar-refractivity contribution >= 4 is 44.8 Å². The molecule has 0 fully saturated rings. The molecule has 0 saturated heterocycles. The van der Waals surface area contributed by atoms with Gasteiger partial charge in [-0.2, -0.15) is 4.31 Å². The molecular weight excluding hydrogens is 411 g/mol. The van der Waals surface area contributed by atoms with Crippen LogP contribution in [-0.4, -0.2) is 38.8 Å². The van der Waals surface area contributed by atoms with Crippen LogP contribution in [0.25, 0.3) is 0 Å². The molecule has 0 atom stereocenters. The van der Waals surface area contributed by atoms with Crippen LogP contribution in [0.3, 0.4) is 0 Å². The summed E-state index contributed by atoms with van der Waals surface area (Å²) >= 11 is 11.9. The second kappa shape index (κ2) is 9.41. The first-order valence-electron chi connectivity index (χ1n) is 8.17. The van der Waals surface area contributed by atoms with Crippen LogP contribution in [0.4, 0.5) is 5.69 Å². The summed E-state index contributed by atoms with van der Waals surface area (Å²) in [5.41, 5.74) is 0.450. The molecule has 27 heavy (non-hydrogen) atoms. The first kappa shape index (κ1) is 21.5. The van der Waals surface area contributed by atoms with Crippen molar-refractivity contribution in [2.75, 3.05) is 25.5 Å². The first-order valence-corrected chi connectivity index (χ1v) is 10.4. The zero-order chi connectivity index (χ0) is 20.0.